The molecule has 5 nitrogen and oxygen atoms in total. The van der Waals surface area contributed by atoms with E-state index < -0.39 is 11.8 Å². The third-order valence-electron chi connectivity index (χ3n) is 3.97. The van der Waals surface area contributed by atoms with Crippen molar-refractivity contribution in [3.63, 3.8) is 0 Å². The molecule has 2 aromatic carbocycles. The van der Waals surface area contributed by atoms with E-state index in [-0.39, 0.29) is 10.6 Å². The molecule has 4 aromatic rings. The molecule has 0 amide bonds. The van der Waals surface area contributed by atoms with E-state index >= 15 is 0 Å². The molecule has 2 heterocycles. The van der Waals surface area contributed by atoms with Gasteiger partial charge >= 0.3 is 5.97 Å². The predicted octanol–water partition coefficient (Wildman–Crippen LogP) is 5.02. The zero-order valence-corrected chi connectivity index (χ0v) is 14.0. The molecule has 0 saturated carbocycles. The molecule has 0 spiro atoms. The molecule has 128 valence electrons. The minimum absolute atomic E-state index is 0.132. The molecule has 2 N–H and O–H groups in total. The molecule has 0 radical (unpaired) electrons. The first-order valence-electron chi connectivity index (χ1n) is 7.65. The number of pyridine rings is 2. The van der Waals surface area contributed by atoms with Crippen LogP contribution in [-0.2, 0) is 0 Å². The van der Waals surface area contributed by atoms with E-state index in [4.69, 9.17) is 11.6 Å². The number of hydrogen-bond acceptors (Lipinski definition) is 4. The molecule has 0 atom stereocenters. The van der Waals surface area contributed by atoms with Crippen molar-refractivity contribution < 1.29 is 14.3 Å². The summed E-state index contributed by atoms with van der Waals surface area (Å²) in [6.45, 7) is 0. The third kappa shape index (κ3) is 2.91. The fourth-order valence-electron chi connectivity index (χ4n) is 2.84. The van der Waals surface area contributed by atoms with Crippen LogP contribution in [0.2, 0.25) is 5.02 Å². The summed E-state index contributed by atoms with van der Waals surface area (Å²) >= 11 is 5.91. The topological polar surface area (TPSA) is 75.1 Å². The first-order valence-corrected chi connectivity index (χ1v) is 8.03. The van der Waals surface area contributed by atoms with Crippen molar-refractivity contribution in [2.24, 2.45) is 0 Å². The number of nitrogens with one attached hydrogen (secondary N) is 1. The molecule has 0 fully saturated rings. The van der Waals surface area contributed by atoms with Crippen LogP contribution >= 0.6 is 11.6 Å². The number of carbonyl (C=O) groups is 1. The number of anilines is 2. The fraction of sp³-hybridized carbons (Fsp3) is 0. The highest BCUT2D eigenvalue weighted by Crippen LogP contribution is 2.31. The minimum Gasteiger partial charge on any atom is -0.478 e. The summed E-state index contributed by atoms with van der Waals surface area (Å²) in [7, 11) is 0. The summed E-state index contributed by atoms with van der Waals surface area (Å²) in [5, 5.41) is 14.9. The van der Waals surface area contributed by atoms with Gasteiger partial charge in [0.25, 0.3) is 0 Å². The first-order chi connectivity index (χ1) is 12.5. The number of halogens is 2. The van der Waals surface area contributed by atoms with Crippen LogP contribution < -0.4 is 5.32 Å². The van der Waals surface area contributed by atoms with Crippen LogP contribution in [0.1, 0.15) is 10.4 Å². The van der Waals surface area contributed by atoms with E-state index in [0.717, 1.165) is 16.2 Å². The van der Waals surface area contributed by atoms with Crippen LogP contribution in [0, 0.1) is 5.82 Å². The molecule has 2 aromatic heterocycles. The Bertz CT molecular complexity index is 1160. The van der Waals surface area contributed by atoms with E-state index in [0.29, 0.717) is 17.0 Å². The smallest absolute Gasteiger partial charge is 0.335 e. The van der Waals surface area contributed by atoms with E-state index in [2.05, 4.69) is 15.3 Å². The minimum atomic E-state index is -1.04. The molecule has 0 unspecified atom stereocenters. The second-order valence-electron chi connectivity index (χ2n) is 5.70. The summed E-state index contributed by atoms with van der Waals surface area (Å²) < 4.78 is 13.6. The Kier molecular flexibility index (Phi) is 3.89. The van der Waals surface area contributed by atoms with Gasteiger partial charge in [0.1, 0.15) is 11.6 Å². The summed E-state index contributed by atoms with van der Waals surface area (Å²) in [4.78, 5) is 19.9. The van der Waals surface area contributed by atoms with Crippen molar-refractivity contribution in [3.05, 3.63) is 71.3 Å². The van der Waals surface area contributed by atoms with Crippen LogP contribution in [-0.4, -0.2) is 21.0 Å². The molecule has 4 rings (SSSR count). The van der Waals surface area contributed by atoms with Gasteiger partial charge in [-0.3, -0.25) is 4.98 Å². The van der Waals surface area contributed by atoms with Crippen molar-refractivity contribution >= 4 is 50.8 Å². The number of rotatable bonds is 3. The van der Waals surface area contributed by atoms with Crippen molar-refractivity contribution in [1.82, 2.24) is 9.97 Å². The van der Waals surface area contributed by atoms with Crippen LogP contribution in [0.15, 0.2) is 54.9 Å². The third-order valence-corrected chi connectivity index (χ3v) is 4.19. The van der Waals surface area contributed by atoms with Gasteiger partial charge in [-0.05, 0) is 36.4 Å². The highest BCUT2D eigenvalue weighted by molar-refractivity contribution is 6.30. The van der Waals surface area contributed by atoms with Crippen LogP contribution in [0.4, 0.5) is 15.9 Å². The lowest BCUT2D eigenvalue weighted by molar-refractivity contribution is 0.0697. The van der Waals surface area contributed by atoms with Gasteiger partial charge in [-0.15, -0.1) is 0 Å². The normalized spacial score (nSPS) is 11.0. The Morgan fingerprint density at radius 3 is 2.69 bits per heavy atom. The largest absolute Gasteiger partial charge is 0.478 e. The molecule has 26 heavy (non-hydrogen) atoms. The molecular weight excluding hydrogens is 357 g/mol. The van der Waals surface area contributed by atoms with Crippen molar-refractivity contribution in [2.45, 2.75) is 0 Å². The van der Waals surface area contributed by atoms with Gasteiger partial charge in [0.2, 0.25) is 0 Å². The fourth-order valence-corrected chi connectivity index (χ4v) is 3.06. The van der Waals surface area contributed by atoms with E-state index in [1.54, 1.807) is 30.6 Å². The Morgan fingerprint density at radius 2 is 1.92 bits per heavy atom. The molecule has 0 aliphatic carbocycles. The molecule has 0 aliphatic heterocycles. The average molecular weight is 368 g/mol. The maximum Gasteiger partial charge on any atom is 0.335 e. The zero-order chi connectivity index (χ0) is 18.3. The molecule has 0 aliphatic rings. The van der Waals surface area contributed by atoms with Gasteiger partial charge in [-0.2, -0.15) is 0 Å². The molecule has 0 saturated heterocycles. The van der Waals surface area contributed by atoms with Gasteiger partial charge < -0.3 is 10.4 Å². The summed E-state index contributed by atoms with van der Waals surface area (Å²) in [5.74, 6) is -1.05. The highest BCUT2D eigenvalue weighted by atomic mass is 35.5. The maximum absolute atomic E-state index is 13.6. The second kappa shape index (κ2) is 6.24. The van der Waals surface area contributed by atoms with Gasteiger partial charge in [0, 0.05) is 39.3 Å². The quantitative estimate of drug-likeness (QED) is 0.497. The lowest BCUT2D eigenvalue weighted by Crippen LogP contribution is -1.99. The summed E-state index contributed by atoms with van der Waals surface area (Å²) in [6, 6.07) is 10.6. The number of aromatic carboxylic acids is 1. The second-order valence-corrected chi connectivity index (χ2v) is 6.14. The Morgan fingerprint density at radius 1 is 1.08 bits per heavy atom. The Hall–Kier alpha value is -3.25. The van der Waals surface area contributed by atoms with Crippen molar-refractivity contribution in [2.75, 3.05) is 5.32 Å². The lowest BCUT2D eigenvalue weighted by Gasteiger charge is -2.12. The number of hydrogen-bond donors (Lipinski definition) is 2. The van der Waals surface area contributed by atoms with E-state index in [1.165, 1.54) is 24.3 Å². The average Bonchev–Trinajstić information content (AvgIpc) is 2.60. The molecular formula is C19H11ClFN3O2. The number of carboxylic acids is 1. The molecule has 7 heteroatoms. The van der Waals surface area contributed by atoms with Crippen molar-refractivity contribution in [1.29, 1.82) is 0 Å². The number of aromatic nitrogens is 2. The number of carboxylic acid groups (broad SMARTS) is 1. The number of nitrogens with zero attached hydrogens (tertiary/aromatic N) is 2. The van der Waals surface area contributed by atoms with Crippen LogP contribution in [0.5, 0.6) is 0 Å². The van der Waals surface area contributed by atoms with Crippen LogP contribution in [0.3, 0.4) is 0 Å². The van der Waals surface area contributed by atoms with Crippen molar-refractivity contribution in [3.8, 4) is 0 Å². The molecule has 0 bridgehead atoms. The monoisotopic (exact) mass is 367 g/mol. The Labute approximate surface area is 152 Å². The van der Waals surface area contributed by atoms with Gasteiger partial charge in [-0.25, -0.2) is 14.2 Å². The maximum atomic E-state index is 13.6. The highest BCUT2D eigenvalue weighted by Gasteiger charge is 2.12. The zero-order valence-electron chi connectivity index (χ0n) is 13.2. The van der Waals surface area contributed by atoms with Gasteiger partial charge in [0.05, 0.1) is 11.1 Å². The summed E-state index contributed by atoms with van der Waals surface area (Å²) in [6.07, 6.45) is 3.31. The first kappa shape index (κ1) is 16.2. The standard InChI is InChI=1S/C19H11ClFN3O2/c20-11-6-12(21)8-13(7-11)23-18-15-3-4-22-9-16(15)14-2-1-10(19(25)26)5-17(14)24-18/h1-9H,(H,23,24)(H,25,26). The number of fused-ring (bicyclic) bond motifs is 3. The van der Waals surface area contributed by atoms with E-state index in [1.807, 2.05) is 0 Å². The number of benzene rings is 2. The van der Waals surface area contributed by atoms with Gasteiger partial charge in [-0.1, -0.05) is 17.7 Å². The lowest BCUT2D eigenvalue weighted by atomic mass is 10.1. The van der Waals surface area contributed by atoms with Gasteiger partial charge in [0.15, 0.2) is 0 Å². The summed E-state index contributed by atoms with van der Waals surface area (Å²) in [5.41, 5.74) is 1.07. The Balaban J connectivity index is 1.95. The van der Waals surface area contributed by atoms with E-state index in [9.17, 15) is 14.3 Å². The SMILES string of the molecule is O=C(O)c1ccc2c(c1)nc(Nc1cc(F)cc(Cl)c1)c1ccncc12. The van der Waals surface area contributed by atoms with Crippen LogP contribution in [0.25, 0.3) is 21.7 Å². The predicted molar refractivity (Wildman–Crippen MR) is 98.7 cm³/mol.